The monoisotopic (exact) mass is 308 g/mol. The topological polar surface area (TPSA) is 45.2 Å². The predicted molar refractivity (Wildman–Crippen MR) is 87.5 cm³/mol. The number of benzene rings is 1. The van der Waals surface area contributed by atoms with Crippen molar-refractivity contribution in [2.75, 3.05) is 40.4 Å². The molecule has 1 aliphatic heterocycles. The molecule has 5 heteroatoms. The normalized spacial score (nSPS) is 21.6. The number of aliphatic hydroxyl groups is 1. The van der Waals surface area contributed by atoms with Gasteiger partial charge in [0, 0.05) is 44.3 Å². The molecule has 0 saturated carbocycles. The minimum Gasteiger partial charge on any atom is -0.497 e. The van der Waals surface area contributed by atoms with Crippen molar-refractivity contribution < 1.29 is 14.6 Å². The first-order valence-corrected chi connectivity index (χ1v) is 7.89. The van der Waals surface area contributed by atoms with Crippen molar-refractivity contribution in [3.8, 4) is 11.5 Å². The largest absolute Gasteiger partial charge is 0.497 e. The summed E-state index contributed by atoms with van der Waals surface area (Å²) in [6.45, 7) is 8.65. The van der Waals surface area contributed by atoms with Gasteiger partial charge in [0.2, 0.25) is 0 Å². The van der Waals surface area contributed by atoms with Gasteiger partial charge in [-0.3, -0.25) is 9.80 Å². The number of hydrogen-bond donors (Lipinski definition) is 1. The van der Waals surface area contributed by atoms with Gasteiger partial charge in [-0.25, -0.2) is 0 Å². The smallest absolute Gasteiger partial charge is 0.123 e. The predicted octanol–water partition coefficient (Wildman–Crippen LogP) is 1.59. The summed E-state index contributed by atoms with van der Waals surface area (Å²) in [5.41, 5.74) is 1.15. The number of nitrogens with zero attached hydrogens (tertiary/aromatic N) is 2. The molecule has 1 N–H and O–H groups in total. The highest BCUT2D eigenvalue weighted by Gasteiger charge is 2.25. The molecule has 1 fully saturated rings. The highest BCUT2D eigenvalue weighted by molar-refractivity contribution is 5.40. The van der Waals surface area contributed by atoms with Crippen LogP contribution in [0, 0.1) is 0 Å². The van der Waals surface area contributed by atoms with Gasteiger partial charge in [-0.2, -0.15) is 0 Å². The minimum absolute atomic E-state index is 0.266. The van der Waals surface area contributed by atoms with Crippen molar-refractivity contribution in [3.05, 3.63) is 23.8 Å². The summed E-state index contributed by atoms with van der Waals surface area (Å²) in [6.07, 6.45) is -0.266. The van der Waals surface area contributed by atoms with Gasteiger partial charge in [0.25, 0.3) is 0 Å². The van der Waals surface area contributed by atoms with E-state index >= 15 is 0 Å². The van der Waals surface area contributed by atoms with Crippen LogP contribution in [0.25, 0.3) is 0 Å². The Bertz CT molecular complexity index is 479. The first kappa shape index (κ1) is 17.1. The number of rotatable bonds is 6. The lowest BCUT2D eigenvalue weighted by molar-refractivity contribution is 0.0468. The van der Waals surface area contributed by atoms with E-state index in [1.54, 1.807) is 14.2 Å². The fourth-order valence-electron chi connectivity index (χ4n) is 3.07. The summed E-state index contributed by atoms with van der Waals surface area (Å²) >= 11 is 0. The third kappa shape index (κ3) is 4.35. The zero-order valence-electron chi connectivity index (χ0n) is 14.1. The van der Waals surface area contributed by atoms with Gasteiger partial charge in [0.1, 0.15) is 11.5 Å². The van der Waals surface area contributed by atoms with Gasteiger partial charge in [0.15, 0.2) is 0 Å². The van der Waals surface area contributed by atoms with Crippen molar-refractivity contribution in [1.29, 1.82) is 0 Å². The van der Waals surface area contributed by atoms with E-state index in [1.165, 1.54) is 0 Å². The van der Waals surface area contributed by atoms with Gasteiger partial charge in [0.05, 0.1) is 20.3 Å². The Balaban J connectivity index is 2.02. The standard InChI is InChI=1S/C17H28N2O3/c1-13-10-18(11-14(2)20)7-8-19(13)12-15-9-16(21-3)5-6-17(15)22-4/h5-6,9,13-14,20H,7-8,10-12H2,1-4H3/t13-,14-/m0/s1. The lowest BCUT2D eigenvalue weighted by Crippen LogP contribution is -2.52. The lowest BCUT2D eigenvalue weighted by atomic mass is 10.1. The average Bonchev–Trinajstić information content (AvgIpc) is 2.49. The molecule has 0 unspecified atom stereocenters. The molecule has 1 aliphatic rings. The molecule has 2 rings (SSSR count). The maximum Gasteiger partial charge on any atom is 0.123 e. The quantitative estimate of drug-likeness (QED) is 0.865. The van der Waals surface area contributed by atoms with Gasteiger partial charge < -0.3 is 14.6 Å². The van der Waals surface area contributed by atoms with Crippen LogP contribution in [0.3, 0.4) is 0 Å². The fraction of sp³-hybridized carbons (Fsp3) is 0.647. The van der Waals surface area contributed by atoms with Crippen LogP contribution < -0.4 is 9.47 Å². The van der Waals surface area contributed by atoms with Crippen LogP contribution in [0.2, 0.25) is 0 Å². The van der Waals surface area contributed by atoms with Crippen LogP contribution in [0.1, 0.15) is 19.4 Å². The van der Waals surface area contributed by atoms with Gasteiger partial charge >= 0.3 is 0 Å². The van der Waals surface area contributed by atoms with Crippen molar-refractivity contribution in [2.24, 2.45) is 0 Å². The average molecular weight is 308 g/mol. The molecule has 1 saturated heterocycles. The third-order valence-electron chi connectivity index (χ3n) is 4.23. The molecule has 124 valence electrons. The second-order valence-electron chi connectivity index (χ2n) is 6.11. The van der Waals surface area contributed by atoms with Crippen LogP contribution in [-0.2, 0) is 6.54 Å². The van der Waals surface area contributed by atoms with Crippen molar-refractivity contribution in [1.82, 2.24) is 9.80 Å². The van der Waals surface area contributed by atoms with E-state index in [9.17, 15) is 5.11 Å². The van der Waals surface area contributed by atoms with E-state index in [0.29, 0.717) is 6.04 Å². The molecule has 0 aromatic heterocycles. The first-order valence-electron chi connectivity index (χ1n) is 7.89. The molecule has 1 aromatic rings. The summed E-state index contributed by atoms with van der Waals surface area (Å²) in [5.74, 6) is 1.76. The number of aliphatic hydroxyl groups excluding tert-OH is 1. The summed E-state index contributed by atoms with van der Waals surface area (Å²) in [6, 6.07) is 6.38. The Morgan fingerprint density at radius 3 is 2.64 bits per heavy atom. The number of methoxy groups -OCH3 is 2. The highest BCUT2D eigenvalue weighted by atomic mass is 16.5. The molecular weight excluding hydrogens is 280 g/mol. The second kappa shape index (κ2) is 7.81. The zero-order valence-corrected chi connectivity index (χ0v) is 14.1. The van der Waals surface area contributed by atoms with E-state index in [2.05, 4.69) is 16.7 Å². The third-order valence-corrected chi connectivity index (χ3v) is 4.23. The Labute approximate surface area is 133 Å². The van der Waals surface area contributed by atoms with Crippen LogP contribution in [0.4, 0.5) is 0 Å². The van der Waals surface area contributed by atoms with Crippen LogP contribution in [-0.4, -0.2) is 67.5 Å². The Kier molecular flexibility index (Phi) is 6.06. The Hall–Kier alpha value is -1.30. The molecule has 0 aliphatic carbocycles. The summed E-state index contributed by atoms with van der Waals surface area (Å²) in [7, 11) is 3.39. The molecule has 0 bridgehead atoms. The van der Waals surface area contributed by atoms with E-state index < -0.39 is 0 Å². The summed E-state index contributed by atoms with van der Waals surface area (Å²) < 4.78 is 10.8. The van der Waals surface area contributed by atoms with E-state index in [-0.39, 0.29) is 6.10 Å². The van der Waals surface area contributed by atoms with Crippen LogP contribution in [0.5, 0.6) is 11.5 Å². The maximum absolute atomic E-state index is 9.53. The molecular formula is C17H28N2O3. The summed E-state index contributed by atoms with van der Waals surface area (Å²) in [4.78, 5) is 4.78. The molecule has 1 aromatic carbocycles. The molecule has 1 heterocycles. The minimum atomic E-state index is -0.266. The number of ether oxygens (including phenoxy) is 2. The van der Waals surface area contributed by atoms with Gasteiger partial charge in [-0.1, -0.05) is 0 Å². The van der Waals surface area contributed by atoms with Gasteiger partial charge in [-0.15, -0.1) is 0 Å². The molecule has 0 spiro atoms. The van der Waals surface area contributed by atoms with Crippen molar-refractivity contribution in [3.63, 3.8) is 0 Å². The molecule has 0 amide bonds. The first-order chi connectivity index (χ1) is 10.5. The molecule has 22 heavy (non-hydrogen) atoms. The Morgan fingerprint density at radius 1 is 1.27 bits per heavy atom. The number of hydrogen-bond acceptors (Lipinski definition) is 5. The zero-order chi connectivity index (χ0) is 16.1. The van der Waals surface area contributed by atoms with E-state index in [4.69, 9.17) is 9.47 Å². The molecule has 5 nitrogen and oxygen atoms in total. The van der Waals surface area contributed by atoms with Crippen molar-refractivity contribution >= 4 is 0 Å². The number of β-amino-alcohol motifs (C(OH)–C–C–N with tert-alkyl or cyclic N) is 1. The van der Waals surface area contributed by atoms with Gasteiger partial charge in [-0.05, 0) is 32.0 Å². The second-order valence-corrected chi connectivity index (χ2v) is 6.11. The maximum atomic E-state index is 9.53. The molecule has 2 atom stereocenters. The fourth-order valence-corrected chi connectivity index (χ4v) is 3.07. The lowest BCUT2D eigenvalue weighted by Gasteiger charge is -2.40. The molecule has 0 radical (unpaired) electrons. The van der Waals surface area contributed by atoms with E-state index in [1.807, 2.05) is 25.1 Å². The summed E-state index contributed by atoms with van der Waals surface area (Å²) in [5, 5.41) is 9.53. The highest BCUT2D eigenvalue weighted by Crippen LogP contribution is 2.26. The van der Waals surface area contributed by atoms with Crippen LogP contribution >= 0.6 is 0 Å². The SMILES string of the molecule is COc1ccc(OC)c(CN2CCN(C[C@H](C)O)C[C@@H]2C)c1. The van der Waals surface area contributed by atoms with E-state index in [0.717, 1.165) is 49.8 Å². The van der Waals surface area contributed by atoms with Crippen LogP contribution in [0.15, 0.2) is 18.2 Å². The Morgan fingerprint density at radius 2 is 2.05 bits per heavy atom. The van der Waals surface area contributed by atoms with Crippen molar-refractivity contribution in [2.45, 2.75) is 32.5 Å². The number of piperazine rings is 1.